The Labute approximate surface area is 143 Å². The summed E-state index contributed by atoms with van der Waals surface area (Å²) in [6, 6.07) is 10.6. The van der Waals surface area contributed by atoms with Gasteiger partial charge in [-0.05, 0) is 46.3 Å². The predicted molar refractivity (Wildman–Crippen MR) is 91.8 cm³/mol. The highest BCUT2D eigenvalue weighted by atomic mass is 79.9. The van der Waals surface area contributed by atoms with Crippen LogP contribution in [-0.2, 0) is 0 Å². The predicted octanol–water partition coefficient (Wildman–Crippen LogP) is 3.08. The number of hydrogen-bond acceptors (Lipinski definition) is 4. The molecule has 3 N–H and O–H groups in total. The quantitative estimate of drug-likeness (QED) is 0.597. The number of thiophene rings is 1. The minimum Gasteiger partial charge on any atom is -0.497 e. The van der Waals surface area contributed by atoms with Crippen LogP contribution in [0.2, 0.25) is 0 Å². The number of aromatic nitrogens is 1. The van der Waals surface area contributed by atoms with E-state index in [1.807, 2.05) is 12.1 Å². The maximum absolute atomic E-state index is 12.1. The average molecular weight is 394 g/mol. The molecule has 3 aromatic rings. The summed E-state index contributed by atoms with van der Waals surface area (Å²) in [4.78, 5) is 27.5. The largest absolute Gasteiger partial charge is 0.497 e. The molecule has 0 atom stereocenters. The van der Waals surface area contributed by atoms with Crippen LogP contribution in [0.15, 0.2) is 40.2 Å². The molecule has 118 valence electrons. The van der Waals surface area contributed by atoms with Crippen LogP contribution in [0, 0.1) is 0 Å². The van der Waals surface area contributed by atoms with Gasteiger partial charge in [0.25, 0.3) is 11.8 Å². The van der Waals surface area contributed by atoms with E-state index in [2.05, 4.69) is 31.8 Å². The normalized spacial score (nSPS) is 10.5. The summed E-state index contributed by atoms with van der Waals surface area (Å²) in [6.07, 6.45) is 0. The number of carbonyl (C=O) groups excluding carboxylic acids is 2. The van der Waals surface area contributed by atoms with Gasteiger partial charge in [0.1, 0.15) is 11.4 Å². The van der Waals surface area contributed by atoms with E-state index in [1.54, 1.807) is 31.4 Å². The molecule has 0 aliphatic carbocycles. The Morgan fingerprint density at radius 2 is 1.91 bits per heavy atom. The highest BCUT2D eigenvalue weighted by Crippen LogP contribution is 2.22. The third-order valence-corrected chi connectivity index (χ3v) is 4.78. The van der Waals surface area contributed by atoms with E-state index in [0.29, 0.717) is 16.3 Å². The number of fused-ring (bicyclic) bond motifs is 1. The number of amides is 2. The molecule has 2 heterocycles. The Morgan fingerprint density at radius 1 is 1.13 bits per heavy atom. The van der Waals surface area contributed by atoms with Crippen molar-refractivity contribution < 1.29 is 14.3 Å². The van der Waals surface area contributed by atoms with Crippen LogP contribution in [0.5, 0.6) is 5.75 Å². The molecule has 2 aromatic heterocycles. The molecule has 0 spiro atoms. The van der Waals surface area contributed by atoms with Crippen molar-refractivity contribution in [3.63, 3.8) is 0 Å². The number of rotatable bonds is 3. The topological polar surface area (TPSA) is 83.2 Å². The minimum absolute atomic E-state index is 0.348. The molecule has 0 saturated heterocycles. The lowest BCUT2D eigenvalue weighted by atomic mass is 10.2. The Kier molecular flexibility index (Phi) is 4.35. The summed E-state index contributed by atoms with van der Waals surface area (Å²) in [6.45, 7) is 0. The second-order valence-corrected chi connectivity index (χ2v) is 7.11. The van der Waals surface area contributed by atoms with Crippen LogP contribution in [0.3, 0.4) is 0 Å². The maximum atomic E-state index is 12.1. The minimum atomic E-state index is -0.427. The smallest absolute Gasteiger partial charge is 0.286 e. The lowest BCUT2D eigenvalue weighted by Crippen LogP contribution is -2.41. The second-order valence-electron chi connectivity index (χ2n) is 4.65. The number of nitrogens with one attached hydrogen (secondary N) is 3. The number of hydrazine groups is 1. The van der Waals surface area contributed by atoms with Crippen molar-refractivity contribution in [2.75, 3.05) is 7.11 Å². The first kappa shape index (κ1) is 15.6. The molecular weight excluding hydrogens is 382 g/mol. The highest BCUT2D eigenvalue weighted by molar-refractivity contribution is 9.11. The fourth-order valence-electron chi connectivity index (χ4n) is 2.03. The van der Waals surface area contributed by atoms with E-state index in [4.69, 9.17) is 4.74 Å². The van der Waals surface area contributed by atoms with E-state index in [1.165, 1.54) is 11.3 Å². The summed E-state index contributed by atoms with van der Waals surface area (Å²) in [5.74, 6) is -0.0983. The molecule has 0 saturated carbocycles. The van der Waals surface area contributed by atoms with Crippen molar-refractivity contribution in [1.82, 2.24) is 15.8 Å². The van der Waals surface area contributed by atoms with Gasteiger partial charge >= 0.3 is 0 Å². The first-order chi connectivity index (χ1) is 11.1. The Hall–Kier alpha value is -2.32. The third-order valence-electron chi connectivity index (χ3n) is 3.16. The van der Waals surface area contributed by atoms with Crippen LogP contribution >= 0.6 is 27.3 Å². The molecule has 0 bridgehead atoms. The zero-order valence-corrected chi connectivity index (χ0v) is 14.4. The van der Waals surface area contributed by atoms with Crippen LogP contribution in [0.4, 0.5) is 0 Å². The molecule has 2 amide bonds. The first-order valence-corrected chi connectivity index (χ1v) is 8.20. The molecule has 3 rings (SSSR count). The summed E-state index contributed by atoms with van der Waals surface area (Å²) in [5.41, 5.74) is 5.90. The van der Waals surface area contributed by atoms with Gasteiger partial charge in [0, 0.05) is 17.0 Å². The van der Waals surface area contributed by atoms with Gasteiger partial charge in [0.05, 0.1) is 15.8 Å². The standard InChI is InChI=1S/C15H12BrN3O3S/c1-22-9-3-2-8-6-11(17-10(8)7-9)14(20)18-19-15(21)12-4-5-13(16)23-12/h2-7,17H,1H3,(H,18,20)(H,19,21). The molecule has 6 nitrogen and oxygen atoms in total. The Bertz CT molecular complexity index is 887. The number of benzene rings is 1. The van der Waals surface area contributed by atoms with Gasteiger partial charge in [0.15, 0.2) is 0 Å². The van der Waals surface area contributed by atoms with Crippen molar-refractivity contribution in [2.24, 2.45) is 0 Å². The number of ether oxygens (including phenoxy) is 1. The monoisotopic (exact) mass is 393 g/mol. The molecule has 0 aliphatic heterocycles. The lowest BCUT2D eigenvalue weighted by molar-refractivity contribution is 0.0846. The van der Waals surface area contributed by atoms with Crippen LogP contribution < -0.4 is 15.6 Å². The SMILES string of the molecule is COc1ccc2cc(C(=O)NNC(=O)c3ccc(Br)s3)[nH]c2c1. The van der Waals surface area contributed by atoms with Crippen molar-refractivity contribution in [2.45, 2.75) is 0 Å². The maximum Gasteiger partial charge on any atom is 0.286 e. The average Bonchev–Trinajstić information content (AvgIpc) is 3.17. The fraction of sp³-hybridized carbons (Fsp3) is 0.0667. The number of halogens is 1. The van der Waals surface area contributed by atoms with Gasteiger partial charge in [-0.1, -0.05) is 0 Å². The molecule has 0 unspecified atom stereocenters. The molecule has 0 fully saturated rings. The van der Waals surface area contributed by atoms with Crippen LogP contribution in [0.1, 0.15) is 20.2 Å². The fourth-order valence-corrected chi connectivity index (χ4v) is 3.32. The number of H-pyrrole nitrogens is 1. The van der Waals surface area contributed by atoms with Gasteiger partial charge in [-0.2, -0.15) is 0 Å². The summed E-state index contributed by atoms with van der Waals surface area (Å²) < 4.78 is 5.99. The number of hydrogen-bond donors (Lipinski definition) is 3. The van der Waals surface area contributed by atoms with E-state index >= 15 is 0 Å². The van der Waals surface area contributed by atoms with Gasteiger partial charge < -0.3 is 9.72 Å². The van der Waals surface area contributed by atoms with Gasteiger partial charge in [-0.3, -0.25) is 20.4 Å². The van der Waals surface area contributed by atoms with Crippen LogP contribution in [0.25, 0.3) is 10.9 Å². The Balaban J connectivity index is 1.69. The van der Waals surface area contributed by atoms with Gasteiger partial charge in [0.2, 0.25) is 0 Å². The summed E-state index contributed by atoms with van der Waals surface area (Å²) in [5, 5.41) is 0.879. The number of aromatic amines is 1. The molecule has 1 aromatic carbocycles. The lowest BCUT2D eigenvalue weighted by Gasteiger charge is -2.04. The van der Waals surface area contributed by atoms with Crippen molar-refractivity contribution in [1.29, 1.82) is 0 Å². The summed E-state index contributed by atoms with van der Waals surface area (Å²) >= 11 is 4.57. The Morgan fingerprint density at radius 3 is 2.61 bits per heavy atom. The zero-order chi connectivity index (χ0) is 16.4. The van der Waals surface area contributed by atoms with E-state index < -0.39 is 5.91 Å². The van der Waals surface area contributed by atoms with Gasteiger partial charge in [-0.15, -0.1) is 11.3 Å². The molecule has 0 radical (unpaired) electrons. The zero-order valence-electron chi connectivity index (χ0n) is 12.0. The molecule has 0 aliphatic rings. The summed E-state index contributed by atoms with van der Waals surface area (Å²) in [7, 11) is 1.58. The van der Waals surface area contributed by atoms with Crippen molar-refractivity contribution >= 4 is 50.0 Å². The van der Waals surface area contributed by atoms with Crippen LogP contribution in [-0.4, -0.2) is 23.9 Å². The number of carbonyl (C=O) groups is 2. The van der Waals surface area contributed by atoms with Gasteiger partial charge in [-0.25, -0.2) is 0 Å². The molecule has 8 heteroatoms. The van der Waals surface area contributed by atoms with E-state index in [9.17, 15) is 9.59 Å². The third kappa shape index (κ3) is 3.38. The molecule has 23 heavy (non-hydrogen) atoms. The van der Waals surface area contributed by atoms with E-state index in [-0.39, 0.29) is 5.91 Å². The number of methoxy groups -OCH3 is 1. The molecular formula is C15H12BrN3O3S. The van der Waals surface area contributed by atoms with Crippen molar-refractivity contribution in [3.8, 4) is 5.75 Å². The second kappa shape index (κ2) is 6.43. The highest BCUT2D eigenvalue weighted by Gasteiger charge is 2.13. The van der Waals surface area contributed by atoms with Crippen molar-refractivity contribution in [3.05, 3.63) is 50.8 Å². The van der Waals surface area contributed by atoms with E-state index in [0.717, 1.165) is 14.7 Å². The first-order valence-electron chi connectivity index (χ1n) is 6.59.